The lowest BCUT2D eigenvalue weighted by atomic mass is 9.32. The summed E-state index contributed by atoms with van der Waals surface area (Å²) in [5, 5.41) is 21.4. The highest BCUT2D eigenvalue weighted by Gasteiger charge is 2.70. The van der Waals surface area contributed by atoms with Crippen molar-refractivity contribution in [3.8, 4) is 0 Å². The molecule has 5 aliphatic carbocycles. The first-order chi connectivity index (χ1) is 15.1. The average Bonchev–Trinajstić information content (AvgIpc) is 2.71. The Morgan fingerprint density at radius 2 is 1.55 bits per heavy atom. The van der Waals surface area contributed by atoms with E-state index >= 15 is 0 Å². The predicted octanol–water partition coefficient (Wildman–Crippen LogP) is 7.23. The first-order valence-electron chi connectivity index (χ1n) is 13.8. The molecule has 2 N–H and O–H groups in total. The Hall–Kier alpha value is -0.830. The number of hydrogen-bond donors (Lipinski definition) is 2. The molecule has 0 bridgehead atoms. The van der Waals surface area contributed by atoms with E-state index in [9.17, 15) is 15.0 Å². The van der Waals surface area contributed by atoms with E-state index in [0.717, 1.165) is 51.4 Å². The minimum atomic E-state index is -0.556. The van der Waals surface area contributed by atoms with E-state index in [2.05, 4.69) is 54.5 Å². The number of carboxylic acids is 1. The van der Waals surface area contributed by atoms with Crippen molar-refractivity contribution in [2.24, 2.45) is 50.2 Å². The Morgan fingerprint density at radius 3 is 2.21 bits per heavy atom. The van der Waals surface area contributed by atoms with Crippen LogP contribution in [0.25, 0.3) is 0 Å². The van der Waals surface area contributed by atoms with E-state index < -0.39 is 11.4 Å². The molecule has 186 valence electrons. The van der Waals surface area contributed by atoms with E-state index in [1.807, 2.05) is 0 Å². The molecule has 0 aromatic rings. The van der Waals surface area contributed by atoms with Crippen molar-refractivity contribution in [1.82, 2.24) is 0 Å². The fraction of sp³-hybridized carbons (Fsp3) is 0.900. The summed E-state index contributed by atoms with van der Waals surface area (Å²) in [5.41, 5.74) is 1.61. The maximum absolute atomic E-state index is 12.8. The summed E-state index contributed by atoms with van der Waals surface area (Å²) < 4.78 is 0. The first-order valence-corrected chi connectivity index (χ1v) is 13.8. The fourth-order valence-corrected chi connectivity index (χ4v) is 10.4. The Labute approximate surface area is 201 Å². The van der Waals surface area contributed by atoms with Gasteiger partial charge in [0.15, 0.2) is 0 Å². The second-order valence-corrected chi connectivity index (χ2v) is 15.0. The van der Waals surface area contributed by atoms with Gasteiger partial charge in [-0.15, -0.1) is 0 Å². The van der Waals surface area contributed by atoms with Crippen LogP contribution in [0.1, 0.15) is 113 Å². The van der Waals surface area contributed by atoms with Crippen molar-refractivity contribution < 1.29 is 15.0 Å². The van der Waals surface area contributed by atoms with E-state index in [4.69, 9.17) is 0 Å². The van der Waals surface area contributed by atoms with Gasteiger partial charge in [-0.2, -0.15) is 0 Å². The predicted molar refractivity (Wildman–Crippen MR) is 133 cm³/mol. The number of fused-ring (bicyclic) bond motifs is 7. The molecule has 0 aromatic heterocycles. The molecule has 0 radical (unpaired) electrons. The van der Waals surface area contributed by atoms with Crippen molar-refractivity contribution in [3.05, 3.63) is 11.6 Å². The van der Waals surface area contributed by atoms with Gasteiger partial charge in [-0.05, 0) is 109 Å². The summed E-state index contributed by atoms with van der Waals surface area (Å²) in [6.45, 7) is 17.0. The molecule has 1 unspecified atom stereocenters. The number of allylic oxidation sites excluding steroid dienone is 2. The zero-order valence-electron chi connectivity index (χ0n) is 22.3. The second-order valence-electron chi connectivity index (χ2n) is 15.0. The zero-order chi connectivity index (χ0) is 24.2. The van der Waals surface area contributed by atoms with Crippen molar-refractivity contribution in [3.63, 3.8) is 0 Å². The monoisotopic (exact) mass is 456 g/mol. The number of carbonyl (C=O) groups is 1. The Kier molecular flexibility index (Phi) is 4.99. The third-order valence-electron chi connectivity index (χ3n) is 13.2. The third-order valence-corrected chi connectivity index (χ3v) is 13.2. The van der Waals surface area contributed by atoms with Crippen molar-refractivity contribution in [2.75, 3.05) is 0 Å². The number of carboxylic acid groups (broad SMARTS) is 1. The normalized spacial score (nSPS) is 52.4. The van der Waals surface area contributed by atoms with Crippen LogP contribution in [-0.4, -0.2) is 22.3 Å². The van der Waals surface area contributed by atoms with E-state index in [1.165, 1.54) is 18.4 Å². The minimum absolute atomic E-state index is 0.0173. The topological polar surface area (TPSA) is 57.5 Å². The Bertz CT molecular complexity index is 885. The smallest absolute Gasteiger partial charge is 0.310 e. The highest BCUT2D eigenvalue weighted by atomic mass is 16.4. The minimum Gasteiger partial charge on any atom is -0.481 e. The summed E-state index contributed by atoms with van der Waals surface area (Å²) >= 11 is 0. The van der Waals surface area contributed by atoms with Gasteiger partial charge in [0, 0.05) is 0 Å². The van der Waals surface area contributed by atoms with Gasteiger partial charge in [0.05, 0.1) is 11.5 Å². The highest BCUT2D eigenvalue weighted by molar-refractivity contribution is 5.76. The molecule has 0 aromatic carbocycles. The van der Waals surface area contributed by atoms with Crippen LogP contribution in [0, 0.1) is 50.2 Å². The van der Waals surface area contributed by atoms with Crippen LogP contribution < -0.4 is 0 Å². The van der Waals surface area contributed by atoms with Crippen LogP contribution in [0.2, 0.25) is 0 Å². The summed E-state index contributed by atoms with van der Waals surface area (Å²) in [5.74, 6) is 0.851. The largest absolute Gasteiger partial charge is 0.481 e. The lowest BCUT2D eigenvalue weighted by Gasteiger charge is -2.72. The average molecular weight is 457 g/mol. The molecule has 5 rings (SSSR count). The van der Waals surface area contributed by atoms with Crippen LogP contribution >= 0.6 is 0 Å². The fourth-order valence-electron chi connectivity index (χ4n) is 10.4. The number of rotatable bonds is 1. The molecular formula is C30H48O3. The second kappa shape index (κ2) is 6.89. The standard InChI is InChI=1S/C30H48O3/c1-25(2)14-16-30(24(32)33)17-15-28(6)21(22(30)18-25)10-12-27(5)20-8-9-23(31)26(3,4)19(20)11-13-29(27,28)7/h10,19-20,22-23,31H,8-9,11-18H2,1-7H3,(H,32,33)/t19-,20+,22-,23+,27?,28+,29+,30-/m0/s1. The Morgan fingerprint density at radius 1 is 0.879 bits per heavy atom. The maximum atomic E-state index is 12.8. The molecule has 4 fully saturated rings. The van der Waals surface area contributed by atoms with Gasteiger partial charge in [-0.25, -0.2) is 0 Å². The first kappa shape index (κ1) is 23.9. The summed E-state index contributed by atoms with van der Waals surface area (Å²) in [6.07, 6.45) is 12.6. The van der Waals surface area contributed by atoms with Gasteiger partial charge in [0.1, 0.15) is 0 Å². The number of hydrogen-bond acceptors (Lipinski definition) is 2. The Balaban J connectivity index is 1.61. The molecule has 0 aliphatic heterocycles. The van der Waals surface area contributed by atoms with Crippen LogP contribution in [0.5, 0.6) is 0 Å². The van der Waals surface area contributed by atoms with E-state index in [-0.39, 0.29) is 39.1 Å². The molecule has 0 spiro atoms. The molecule has 3 nitrogen and oxygen atoms in total. The quantitative estimate of drug-likeness (QED) is 0.409. The van der Waals surface area contributed by atoms with Crippen molar-refractivity contribution >= 4 is 5.97 Å². The van der Waals surface area contributed by atoms with Gasteiger partial charge in [-0.1, -0.05) is 60.1 Å². The molecule has 4 saturated carbocycles. The van der Waals surface area contributed by atoms with Gasteiger partial charge in [0.2, 0.25) is 0 Å². The van der Waals surface area contributed by atoms with Gasteiger partial charge in [0.25, 0.3) is 0 Å². The zero-order valence-corrected chi connectivity index (χ0v) is 22.3. The summed E-state index contributed by atoms with van der Waals surface area (Å²) in [6, 6.07) is 0. The van der Waals surface area contributed by atoms with Crippen LogP contribution in [0.4, 0.5) is 0 Å². The van der Waals surface area contributed by atoms with Crippen LogP contribution in [0.3, 0.4) is 0 Å². The molecule has 8 atom stereocenters. The lowest BCUT2D eigenvalue weighted by Crippen LogP contribution is -2.66. The third kappa shape index (κ3) is 2.81. The summed E-state index contributed by atoms with van der Waals surface area (Å²) in [4.78, 5) is 12.8. The highest BCUT2D eigenvalue weighted by Crippen LogP contribution is 2.76. The van der Waals surface area contributed by atoms with Gasteiger partial charge < -0.3 is 10.2 Å². The van der Waals surface area contributed by atoms with Crippen LogP contribution in [0.15, 0.2) is 11.6 Å². The van der Waals surface area contributed by atoms with Crippen molar-refractivity contribution in [1.29, 1.82) is 0 Å². The molecule has 5 aliphatic rings. The lowest BCUT2D eigenvalue weighted by molar-refractivity contribution is -0.208. The summed E-state index contributed by atoms with van der Waals surface area (Å²) in [7, 11) is 0. The van der Waals surface area contributed by atoms with E-state index in [0.29, 0.717) is 11.8 Å². The number of aliphatic hydroxyl groups excluding tert-OH is 1. The van der Waals surface area contributed by atoms with Crippen LogP contribution in [-0.2, 0) is 4.79 Å². The van der Waals surface area contributed by atoms with Gasteiger partial charge >= 0.3 is 5.97 Å². The van der Waals surface area contributed by atoms with E-state index in [1.54, 1.807) is 0 Å². The SMILES string of the molecule is CC1(C)CC[C@]2(C(=O)O)CC[C@]3(C)C(=CCC4(C)[C@@H]5CC[C@@H](O)C(C)(C)[C@H]5CC[C@]43C)[C@@H]2C1. The van der Waals surface area contributed by atoms with Crippen molar-refractivity contribution in [2.45, 2.75) is 119 Å². The molecule has 0 saturated heterocycles. The molecule has 0 amide bonds. The number of aliphatic hydroxyl groups is 1. The molecule has 33 heavy (non-hydrogen) atoms. The maximum Gasteiger partial charge on any atom is 0.310 e. The van der Waals surface area contributed by atoms with Gasteiger partial charge in [-0.3, -0.25) is 4.79 Å². The number of aliphatic carboxylic acids is 1. The molecule has 0 heterocycles. The molecule has 3 heteroatoms. The molecular weight excluding hydrogens is 408 g/mol.